The van der Waals surface area contributed by atoms with Gasteiger partial charge in [-0.15, -0.1) is 0 Å². The summed E-state index contributed by atoms with van der Waals surface area (Å²) in [5.74, 6) is 4.04. The first-order chi connectivity index (χ1) is 22.0. The van der Waals surface area contributed by atoms with Crippen LogP contribution in [0.25, 0.3) is 0 Å². The molecule has 3 aromatic carbocycles. The third-order valence-corrected chi connectivity index (χ3v) is 11.4. The van der Waals surface area contributed by atoms with Gasteiger partial charge >= 0.3 is 0 Å². The fraction of sp³-hybridized carbons (Fsp3) is 0.472. The molecule has 0 bridgehead atoms. The van der Waals surface area contributed by atoms with Crippen molar-refractivity contribution < 1.29 is 24.2 Å². The van der Waals surface area contributed by atoms with Crippen molar-refractivity contribution >= 4 is 33.4 Å². The fourth-order valence-electron chi connectivity index (χ4n) is 6.69. The number of thioether (sulfide) groups is 1. The zero-order chi connectivity index (χ0) is 31.2. The molecule has 7 nitrogen and oxygen atoms in total. The smallest absolute Gasteiger partial charge is 0.142 e. The molecule has 3 atom stereocenters. The number of fused-ring (bicyclic) bond motifs is 3. The zero-order valence-corrected chi connectivity index (χ0v) is 28.5. The van der Waals surface area contributed by atoms with Gasteiger partial charge in [-0.3, -0.25) is 0 Å². The molecule has 3 aromatic rings. The van der Waals surface area contributed by atoms with Gasteiger partial charge < -0.3 is 29.5 Å². The minimum atomic E-state index is -0.322. The summed E-state index contributed by atoms with van der Waals surface area (Å²) in [6.07, 6.45) is 5.25. The summed E-state index contributed by atoms with van der Waals surface area (Å²) in [4.78, 5) is 5.93. The standard InChI is InChI=1S/C36H43BrN2O5S/c1-38-20-27-17-30(42-21-25-9-10-25)34(37)35-33(27)36(15-6-16-40)31(44-35)18-28(39-43-22-24-7-4-3-5-8-24)19-32(36)45-23-26-11-13-29(41-2)14-12-26/h3-5,7-8,11-14,17,25,31-32,38,40H,6,9-10,15-16,18-23H2,1-2H3/b39-28-/t31-,32?,36-/m1/s1. The van der Waals surface area contributed by atoms with Gasteiger partial charge in [-0.1, -0.05) is 47.6 Å². The van der Waals surface area contributed by atoms with Gasteiger partial charge in [0.2, 0.25) is 0 Å². The normalized spacial score (nSPS) is 22.9. The number of halogens is 1. The van der Waals surface area contributed by atoms with Crippen molar-refractivity contribution in [3.63, 3.8) is 0 Å². The van der Waals surface area contributed by atoms with Gasteiger partial charge in [-0.25, -0.2) is 0 Å². The minimum absolute atomic E-state index is 0.131. The molecule has 1 heterocycles. The second-order valence-corrected chi connectivity index (χ2v) is 14.3. The number of methoxy groups -OCH3 is 1. The molecule has 1 unspecified atom stereocenters. The van der Waals surface area contributed by atoms with Crippen LogP contribution < -0.4 is 19.5 Å². The minimum Gasteiger partial charge on any atom is -0.497 e. The second kappa shape index (κ2) is 14.8. The van der Waals surface area contributed by atoms with E-state index < -0.39 is 0 Å². The Morgan fingerprint density at radius 1 is 1.09 bits per heavy atom. The van der Waals surface area contributed by atoms with Crippen LogP contribution >= 0.6 is 27.7 Å². The van der Waals surface area contributed by atoms with Crippen molar-refractivity contribution in [3.8, 4) is 17.2 Å². The molecule has 0 aromatic heterocycles. The Hall–Kier alpha value is -2.72. The molecule has 0 spiro atoms. The van der Waals surface area contributed by atoms with Crippen LogP contribution in [0.3, 0.4) is 0 Å². The molecular formula is C36H43BrN2O5S. The van der Waals surface area contributed by atoms with E-state index in [1.807, 2.05) is 49.1 Å². The average molecular weight is 696 g/mol. The van der Waals surface area contributed by atoms with E-state index in [1.165, 1.54) is 29.5 Å². The van der Waals surface area contributed by atoms with Gasteiger partial charge in [0.25, 0.3) is 0 Å². The van der Waals surface area contributed by atoms with Crippen molar-refractivity contribution in [1.29, 1.82) is 0 Å². The van der Waals surface area contributed by atoms with Crippen molar-refractivity contribution in [3.05, 3.63) is 87.4 Å². The molecule has 2 aliphatic carbocycles. The first kappa shape index (κ1) is 32.2. The van der Waals surface area contributed by atoms with Gasteiger partial charge in [-0.05, 0) is 89.5 Å². The highest BCUT2D eigenvalue weighted by Crippen LogP contribution is 2.60. The van der Waals surface area contributed by atoms with Crippen molar-refractivity contribution in [1.82, 2.24) is 5.32 Å². The number of benzene rings is 3. The van der Waals surface area contributed by atoms with Crippen LogP contribution in [0.15, 0.2) is 70.3 Å². The van der Waals surface area contributed by atoms with E-state index in [1.54, 1.807) is 7.11 Å². The zero-order valence-electron chi connectivity index (χ0n) is 26.1. The number of aliphatic hydroxyl groups excluding tert-OH is 1. The van der Waals surface area contributed by atoms with Crippen LogP contribution in [0.4, 0.5) is 0 Å². The molecular weight excluding hydrogens is 652 g/mol. The lowest BCUT2D eigenvalue weighted by Crippen LogP contribution is -2.52. The molecule has 2 saturated carbocycles. The molecule has 9 heteroatoms. The summed E-state index contributed by atoms with van der Waals surface area (Å²) < 4.78 is 19.6. The maximum Gasteiger partial charge on any atom is 0.142 e. The molecule has 3 aliphatic rings. The number of nitrogens with zero attached hydrogens (tertiary/aromatic N) is 1. The van der Waals surface area contributed by atoms with Crippen LogP contribution in [-0.4, -0.2) is 49.5 Å². The summed E-state index contributed by atoms with van der Waals surface area (Å²) in [7, 11) is 3.68. The molecule has 45 heavy (non-hydrogen) atoms. The van der Waals surface area contributed by atoms with Gasteiger partial charge in [0.05, 0.1) is 19.4 Å². The van der Waals surface area contributed by atoms with Crippen molar-refractivity contribution in [2.75, 3.05) is 27.4 Å². The highest BCUT2D eigenvalue weighted by atomic mass is 79.9. The Morgan fingerprint density at radius 2 is 1.89 bits per heavy atom. The van der Waals surface area contributed by atoms with Crippen LogP contribution in [0.1, 0.15) is 60.8 Å². The summed E-state index contributed by atoms with van der Waals surface area (Å²) in [5.41, 5.74) is 5.43. The number of hydrogen-bond acceptors (Lipinski definition) is 8. The number of hydrogen-bond donors (Lipinski definition) is 2. The Balaban J connectivity index is 1.37. The van der Waals surface area contributed by atoms with E-state index in [4.69, 9.17) is 24.2 Å². The number of ether oxygens (including phenoxy) is 3. The van der Waals surface area contributed by atoms with Crippen LogP contribution in [0.5, 0.6) is 17.2 Å². The molecule has 6 rings (SSSR count). The Kier molecular flexibility index (Phi) is 10.6. The van der Waals surface area contributed by atoms with Crippen LogP contribution in [0.2, 0.25) is 0 Å². The van der Waals surface area contributed by atoms with Gasteiger partial charge in [0.15, 0.2) is 0 Å². The molecule has 0 radical (unpaired) electrons. The van der Waals surface area contributed by atoms with Gasteiger partial charge in [-0.2, -0.15) is 11.8 Å². The maximum atomic E-state index is 10.1. The highest BCUT2D eigenvalue weighted by molar-refractivity contribution is 9.10. The third-order valence-electron chi connectivity index (χ3n) is 9.15. The molecule has 0 saturated heterocycles. The lowest BCUT2D eigenvalue weighted by molar-refractivity contribution is 0.107. The summed E-state index contributed by atoms with van der Waals surface area (Å²) in [6, 6.07) is 20.6. The fourth-order valence-corrected chi connectivity index (χ4v) is 8.80. The molecule has 2 fully saturated rings. The Bertz CT molecular complexity index is 1470. The topological polar surface area (TPSA) is 81.5 Å². The molecule has 1 aliphatic heterocycles. The summed E-state index contributed by atoms with van der Waals surface area (Å²) in [5, 5.41) is 18.4. The maximum absolute atomic E-state index is 10.1. The third kappa shape index (κ3) is 7.17. The first-order valence-corrected chi connectivity index (χ1v) is 17.8. The van der Waals surface area contributed by atoms with E-state index in [9.17, 15) is 5.11 Å². The SMILES string of the molecule is CNCc1cc(OCC2CC2)c(Br)c2c1[C@@]1(CCCO)C(SCc3ccc(OC)cc3)C/C(=N\OCc3ccccc3)C[C@H]1O2. The van der Waals surface area contributed by atoms with Gasteiger partial charge in [0, 0.05) is 48.0 Å². The molecule has 2 N–H and O–H groups in total. The summed E-state index contributed by atoms with van der Waals surface area (Å²) in [6.45, 7) is 1.98. The lowest BCUT2D eigenvalue weighted by Gasteiger charge is -2.45. The molecule has 0 amide bonds. The van der Waals surface area contributed by atoms with E-state index in [0.29, 0.717) is 31.9 Å². The quantitative estimate of drug-likeness (QED) is 0.160. The highest BCUT2D eigenvalue weighted by Gasteiger charge is 2.58. The number of nitrogens with one attached hydrogen (secondary N) is 1. The number of oxime groups is 1. The molecule has 240 valence electrons. The number of rotatable bonds is 15. The van der Waals surface area contributed by atoms with Crippen molar-refractivity contribution in [2.45, 2.75) is 74.2 Å². The first-order valence-electron chi connectivity index (χ1n) is 15.9. The number of aliphatic hydroxyl groups is 1. The monoisotopic (exact) mass is 694 g/mol. The second-order valence-electron chi connectivity index (χ2n) is 12.3. The van der Waals surface area contributed by atoms with E-state index in [-0.39, 0.29) is 23.4 Å². The van der Waals surface area contributed by atoms with E-state index in [0.717, 1.165) is 58.2 Å². The largest absolute Gasteiger partial charge is 0.497 e. The average Bonchev–Trinajstić information content (AvgIpc) is 3.83. The van der Waals surface area contributed by atoms with Crippen molar-refractivity contribution in [2.24, 2.45) is 11.1 Å². The predicted molar refractivity (Wildman–Crippen MR) is 184 cm³/mol. The Labute approximate surface area is 279 Å². The Morgan fingerprint density at radius 3 is 2.60 bits per heavy atom. The van der Waals surface area contributed by atoms with Crippen LogP contribution in [-0.2, 0) is 29.2 Å². The van der Waals surface area contributed by atoms with E-state index in [2.05, 4.69) is 51.6 Å². The van der Waals surface area contributed by atoms with Crippen LogP contribution in [0, 0.1) is 5.92 Å². The predicted octanol–water partition coefficient (Wildman–Crippen LogP) is 7.41. The van der Waals surface area contributed by atoms with E-state index >= 15 is 0 Å². The van der Waals surface area contributed by atoms with Gasteiger partial charge in [0.1, 0.15) is 34.4 Å². The lowest BCUT2D eigenvalue weighted by atomic mass is 9.64. The summed E-state index contributed by atoms with van der Waals surface area (Å²) >= 11 is 5.85.